The second kappa shape index (κ2) is 11.9. The first-order valence-electron chi connectivity index (χ1n) is 13.2. The molecule has 1 aliphatic heterocycles. The molecule has 2 aromatic rings. The Morgan fingerprint density at radius 3 is 2.31 bits per heavy atom. The molecule has 4 rings (SSSR count). The van der Waals surface area contributed by atoms with Crippen LogP contribution in [0.5, 0.6) is 5.75 Å². The van der Waals surface area contributed by atoms with Gasteiger partial charge in [-0.2, -0.15) is 13.2 Å². The molecule has 0 spiro atoms. The predicted octanol–water partition coefficient (Wildman–Crippen LogP) is 4.98. The number of hydrogen-bond donors (Lipinski definition) is 1. The third-order valence-corrected chi connectivity index (χ3v) is 8.03. The van der Waals surface area contributed by atoms with Gasteiger partial charge in [0.15, 0.2) is 0 Å². The molecule has 1 saturated carbocycles. The van der Waals surface area contributed by atoms with Crippen LogP contribution in [0.15, 0.2) is 54.6 Å². The van der Waals surface area contributed by atoms with Crippen LogP contribution < -0.4 is 4.74 Å². The van der Waals surface area contributed by atoms with E-state index in [1.807, 2.05) is 30.3 Å². The van der Waals surface area contributed by atoms with Gasteiger partial charge in [0, 0.05) is 32.2 Å². The molecule has 1 aliphatic carbocycles. The van der Waals surface area contributed by atoms with Crippen molar-refractivity contribution < 1.29 is 37.3 Å². The molecule has 7 nitrogen and oxygen atoms in total. The minimum atomic E-state index is -5.21. The van der Waals surface area contributed by atoms with Gasteiger partial charge in [-0.05, 0) is 61.1 Å². The van der Waals surface area contributed by atoms with Gasteiger partial charge < -0.3 is 24.4 Å². The number of benzene rings is 2. The van der Waals surface area contributed by atoms with E-state index in [-0.39, 0.29) is 30.9 Å². The zero-order valence-electron chi connectivity index (χ0n) is 22.2. The lowest BCUT2D eigenvalue weighted by Crippen LogP contribution is -2.56. The molecule has 1 atom stereocenters. The van der Waals surface area contributed by atoms with Crippen molar-refractivity contribution in [2.45, 2.75) is 44.1 Å². The Labute approximate surface area is 226 Å². The Kier molecular flexibility index (Phi) is 8.73. The van der Waals surface area contributed by atoms with Gasteiger partial charge in [0.2, 0.25) is 0 Å². The molecular formula is C29H35F3N2O5. The number of piperidine rings is 1. The van der Waals surface area contributed by atoms with E-state index in [0.717, 1.165) is 48.3 Å². The van der Waals surface area contributed by atoms with Crippen molar-refractivity contribution in [2.75, 3.05) is 33.8 Å². The second-order valence-electron chi connectivity index (χ2n) is 10.6. The molecule has 0 unspecified atom stereocenters. The maximum Gasteiger partial charge on any atom is 0.430 e. The van der Waals surface area contributed by atoms with Crippen molar-refractivity contribution in [3.05, 3.63) is 65.7 Å². The molecule has 0 bridgehead atoms. The van der Waals surface area contributed by atoms with Gasteiger partial charge in [-0.25, -0.2) is 4.79 Å². The number of rotatable bonds is 8. The number of carbonyl (C=O) groups excluding carboxylic acids is 2. The number of alkyl halides is 3. The highest BCUT2D eigenvalue weighted by Crippen LogP contribution is 2.45. The first-order valence-corrected chi connectivity index (χ1v) is 13.2. The topological polar surface area (TPSA) is 79.3 Å². The van der Waals surface area contributed by atoms with E-state index in [4.69, 9.17) is 9.47 Å². The van der Waals surface area contributed by atoms with E-state index in [1.54, 1.807) is 4.90 Å². The maximum absolute atomic E-state index is 14.0. The third kappa shape index (κ3) is 6.32. The van der Waals surface area contributed by atoms with Gasteiger partial charge in [-0.1, -0.05) is 42.5 Å². The van der Waals surface area contributed by atoms with Gasteiger partial charge in [0.05, 0.1) is 7.11 Å². The van der Waals surface area contributed by atoms with Crippen molar-refractivity contribution in [3.8, 4) is 5.75 Å². The number of hydrogen-bond acceptors (Lipinski definition) is 5. The first-order chi connectivity index (χ1) is 18.5. The fraction of sp³-hybridized carbons (Fsp3) is 0.517. The summed E-state index contributed by atoms with van der Waals surface area (Å²) in [7, 11) is 2.60. The molecule has 2 aromatic carbocycles. The highest BCUT2D eigenvalue weighted by Gasteiger charge is 2.62. The predicted molar refractivity (Wildman–Crippen MR) is 138 cm³/mol. The van der Waals surface area contributed by atoms with Crippen molar-refractivity contribution in [1.82, 2.24) is 9.80 Å². The van der Waals surface area contributed by atoms with Crippen molar-refractivity contribution in [2.24, 2.45) is 17.8 Å². The molecule has 2 amide bonds. The summed E-state index contributed by atoms with van der Waals surface area (Å²) in [6, 6.07) is 14.4. The number of amides is 2. The average Bonchev–Trinajstić information content (AvgIpc) is 2.92. The number of likely N-dealkylation sites (N-methyl/N-ethyl adjacent to an activating group) is 1. The van der Waals surface area contributed by atoms with E-state index in [1.165, 1.54) is 26.3 Å². The summed E-state index contributed by atoms with van der Waals surface area (Å²) in [6.07, 6.45) is -2.25. The lowest BCUT2D eigenvalue weighted by atomic mass is 9.66. The van der Waals surface area contributed by atoms with E-state index >= 15 is 0 Å². The molecule has 2 aliphatic rings. The molecule has 212 valence electrons. The largest absolute Gasteiger partial charge is 0.497 e. The molecule has 2 fully saturated rings. The fourth-order valence-electron chi connectivity index (χ4n) is 5.69. The highest BCUT2D eigenvalue weighted by atomic mass is 19.4. The van der Waals surface area contributed by atoms with E-state index in [9.17, 15) is 27.9 Å². The molecule has 1 saturated heterocycles. The van der Waals surface area contributed by atoms with Crippen LogP contribution in [-0.4, -0.2) is 66.9 Å². The van der Waals surface area contributed by atoms with Crippen LogP contribution in [-0.2, 0) is 21.7 Å². The van der Waals surface area contributed by atoms with E-state index in [0.29, 0.717) is 24.9 Å². The summed E-state index contributed by atoms with van der Waals surface area (Å²) in [5, 5.41) is 10.7. The first kappa shape index (κ1) is 28.7. The average molecular weight is 549 g/mol. The zero-order chi connectivity index (χ0) is 28.2. The number of aliphatic hydroxyl groups is 1. The van der Waals surface area contributed by atoms with Crippen LogP contribution in [0.1, 0.15) is 36.8 Å². The summed E-state index contributed by atoms with van der Waals surface area (Å²) in [6.45, 7) is 1.58. The Balaban J connectivity index is 1.25. The van der Waals surface area contributed by atoms with Crippen LogP contribution in [0, 0.1) is 17.8 Å². The van der Waals surface area contributed by atoms with Crippen LogP contribution in [0.25, 0.3) is 0 Å². The second-order valence-corrected chi connectivity index (χ2v) is 10.6. The third-order valence-electron chi connectivity index (χ3n) is 8.03. The molecule has 39 heavy (non-hydrogen) atoms. The van der Waals surface area contributed by atoms with Crippen LogP contribution >= 0.6 is 0 Å². The minimum Gasteiger partial charge on any atom is -0.497 e. The number of halogens is 3. The molecule has 1 N–H and O–H groups in total. The van der Waals surface area contributed by atoms with E-state index in [2.05, 4.69) is 0 Å². The summed E-state index contributed by atoms with van der Waals surface area (Å²) in [5.41, 5.74) is -3.31. The van der Waals surface area contributed by atoms with Crippen molar-refractivity contribution in [3.63, 3.8) is 0 Å². The van der Waals surface area contributed by atoms with E-state index < -0.39 is 23.2 Å². The summed E-state index contributed by atoms with van der Waals surface area (Å²) >= 11 is 0. The summed E-state index contributed by atoms with van der Waals surface area (Å²) < 4.78 is 52.5. The fourth-order valence-corrected chi connectivity index (χ4v) is 5.69. The normalized spacial score (nSPS) is 21.4. The van der Waals surface area contributed by atoms with Crippen LogP contribution in [0.3, 0.4) is 0 Å². The maximum atomic E-state index is 14.0. The van der Waals surface area contributed by atoms with Gasteiger partial charge in [-0.3, -0.25) is 4.79 Å². The van der Waals surface area contributed by atoms with Gasteiger partial charge >= 0.3 is 12.3 Å². The molecule has 1 heterocycles. The Morgan fingerprint density at radius 1 is 1.03 bits per heavy atom. The van der Waals surface area contributed by atoms with Gasteiger partial charge in [0.1, 0.15) is 12.4 Å². The minimum absolute atomic E-state index is 0.0561. The lowest BCUT2D eigenvalue weighted by Gasteiger charge is -2.45. The van der Waals surface area contributed by atoms with Crippen molar-refractivity contribution >= 4 is 12.0 Å². The van der Waals surface area contributed by atoms with Crippen LogP contribution in [0.2, 0.25) is 0 Å². The molecule has 0 radical (unpaired) electrons. The van der Waals surface area contributed by atoms with Gasteiger partial charge in [0.25, 0.3) is 11.5 Å². The van der Waals surface area contributed by atoms with Crippen molar-refractivity contribution in [1.29, 1.82) is 0 Å². The quantitative estimate of drug-likeness (QED) is 0.504. The highest BCUT2D eigenvalue weighted by molar-refractivity contribution is 5.87. The number of likely N-dealkylation sites (tertiary alicyclic amines) is 1. The molecular weight excluding hydrogens is 513 g/mol. The number of carbonyl (C=O) groups is 2. The molecule has 0 aromatic heterocycles. The zero-order valence-corrected chi connectivity index (χ0v) is 22.2. The smallest absolute Gasteiger partial charge is 0.430 e. The lowest BCUT2D eigenvalue weighted by molar-refractivity contribution is -0.261. The Hall–Kier alpha value is -3.27. The summed E-state index contributed by atoms with van der Waals surface area (Å²) in [5.74, 6) is -0.414. The SMILES string of the molecule is COc1cccc([C@@](O)(C(=O)N(C)CC2CC(C3CCN(C(=O)OCc4ccccc4)CC3)C2)C(F)(F)F)c1. The Morgan fingerprint density at radius 2 is 1.69 bits per heavy atom. The standard InChI is InChI=1S/C29H35F3N2O5/c1-33(26(35)28(37,29(30,31)32)24-9-6-10-25(17-24)38-2)18-21-15-23(16-21)22-11-13-34(14-12-22)27(36)39-19-20-7-4-3-5-8-20/h3-10,17,21-23,37H,11-16,18-19H2,1-2H3/t21?,23?,28-/m1/s1. The number of ether oxygens (including phenoxy) is 2. The van der Waals surface area contributed by atoms with Gasteiger partial charge in [-0.15, -0.1) is 0 Å². The Bertz CT molecular complexity index is 1130. The summed E-state index contributed by atoms with van der Waals surface area (Å²) in [4.78, 5) is 28.1. The van der Waals surface area contributed by atoms with Crippen LogP contribution in [0.4, 0.5) is 18.0 Å². The number of methoxy groups -OCH3 is 1. The number of nitrogens with zero attached hydrogens (tertiary/aromatic N) is 2. The molecule has 10 heteroatoms. The monoisotopic (exact) mass is 548 g/mol.